The van der Waals surface area contributed by atoms with E-state index >= 15 is 0 Å². The number of thioether (sulfide) groups is 1. The first kappa shape index (κ1) is 23.5. The van der Waals surface area contributed by atoms with Crippen LogP contribution in [-0.2, 0) is 9.59 Å². The van der Waals surface area contributed by atoms with E-state index in [1.165, 1.54) is 24.3 Å². The van der Waals surface area contributed by atoms with Gasteiger partial charge in [0.15, 0.2) is 5.17 Å². The topological polar surface area (TPSA) is 129 Å². The molecule has 1 fully saturated rings. The normalized spacial score (nSPS) is 17.6. The smallest absolute Gasteiger partial charge is 0.335 e. The second kappa shape index (κ2) is 10.4. The number of halogens is 1. The third-order valence-electron chi connectivity index (χ3n) is 4.42. The van der Waals surface area contributed by atoms with Crippen LogP contribution < -0.4 is 15.4 Å². The zero-order valence-electron chi connectivity index (χ0n) is 17.1. The number of nitrogens with one attached hydrogen (secondary N) is 2. The molecular formula is C21H19BrN4O5S. The number of hydrogen-bond donors (Lipinski definition) is 3. The average molecular weight is 519 g/mol. The average Bonchev–Trinajstić information content (AvgIpc) is 2.77. The van der Waals surface area contributed by atoms with Gasteiger partial charge in [0.25, 0.3) is 0 Å². The Bertz CT molecular complexity index is 1120. The third-order valence-corrected chi connectivity index (χ3v) is 6.12. The molecule has 1 aliphatic rings. The number of ether oxygens (including phenoxy) is 1. The summed E-state index contributed by atoms with van der Waals surface area (Å²) in [6, 6.07) is 11.2. The van der Waals surface area contributed by atoms with Crippen LogP contribution >= 0.6 is 27.7 Å². The van der Waals surface area contributed by atoms with E-state index in [9.17, 15) is 14.4 Å². The molecule has 32 heavy (non-hydrogen) atoms. The monoisotopic (exact) mass is 518 g/mol. The van der Waals surface area contributed by atoms with Gasteiger partial charge in [-0.1, -0.05) is 11.8 Å². The lowest BCUT2D eigenvalue weighted by molar-refractivity contribution is -0.123. The summed E-state index contributed by atoms with van der Waals surface area (Å²) in [7, 11) is 1.58. The van der Waals surface area contributed by atoms with Gasteiger partial charge >= 0.3 is 5.97 Å². The molecule has 9 nitrogen and oxygen atoms in total. The predicted molar refractivity (Wildman–Crippen MR) is 127 cm³/mol. The molecule has 0 saturated carbocycles. The Hall–Kier alpha value is -3.18. The molecule has 0 aliphatic carbocycles. The Balaban J connectivity index is 1.69. The number of carboxylic acid groups (broad SMARTS) is 1. The van der Waals surface area contributed by atoms with Crippen LogP contribution in [0.3, 0.4) is 0 Å². The first-order chi connectivity index (χ1) is 15.3. The maximum atomic E-state index is 12.6. The molecule has 0 aromatic heterocycles. The summed E-state index contributed by atoms with van der Waals surface area (Å²) < 4.78 is 5.98. The highest BCUT2D eigenvalue weighted by Gasteiger charge is 2.30. The van der Waals surface area contributed by atoms with E-state index < -0.39 is 11.2 Å². The van der Waals surface area contributed by atoms with Crippen molar-refractivity contribution in [2.45, 2.75) is 18.6 Å². The summed E-state index contributed by atoms with van der Waals surface area (Å²) in [6.07, 6.45) is -0.0170. The molecule has 1 aliphatic heterocycles. The number of amides is 2. The van der Waals surface area contributed by atoms with Crippen LogP contribution in [0.2, 0.25) is 0 Å². The Morgan fingerprint density at radius 1 is 1.22 bits per heavy atom. The molecule has 2 aromatic rings. The van der Waals surface area contributed by atoms with Crippen LogP contribution in [0, 0.1) is 0 Å². The zero-order valence-corrected chi connectivity index (χ0v) is 19.5. The van der Waals surface area contributed by atoms with Gasteiger partial charge in [-0.3, -0.25) is 9.59 Å². The van der Waals surface area contributed by atoms with Gasteiger partial charge in [0, 0.05) is 12.1 Å². The standard InChI is InChI=1S/C21H19BrN4O5S/c1-11(13-5-8-16(31-2)15(22)9-13)25-26-21-24-18(27)10-17(32-21)19(28)23-14-6-3-12(4-7-14)20(29)30/h3-9,17H,10H2,1-2H3,(H,23,28)(H,29,30)(H,24,26,27)/b25-11-/t17-/m0/s1. The summed E-state index contributed by atoms with van der Waals surface area (Å²) in [4.78, 5) is 35.6. The molecule has 3 N–H and O–H groups in total. The van der Waals surface area contributed by atoms with Crippen molar-refractivity contribution in [1.82, 2.24) is 5.32 Å². The molecular weight excluding hydrogens is 500 g/mol. The largest absolute Gasteiger partial charge is 0.496 e. The number of methoxy groups -OCH3 is 1. The molecule has 1 atom stereocenters. The van der Waals surface area contributed by atoms with Crippen LogP contribution in [0.5, 0.6) is 5.75 Å². The van der Waals surface area contributed by atoms with Crippen LogP contribution in [0.15, 0.2) is 57.1 Å². The minimum Gasteiger partial charge on any atom is -0.496 e. The summed E-state index contributed by atoms with van der Waals surface area (Å²) in [5, 5.41) is 22.0. The summed E-state index contributed by atoms with van der Waals surface area (Å²) in [5.74, 6) is -1.10. The van der Waals surface area contributed by atoms with Crippen molar-refractivity contribution in [2.24, 2.45) is 10.2 Å². The fraction of sp³-hybridized carbons (Fsp3) is 0.190. The lowest BCUT2D eigenvalue weighted by atomic mass is 10.1. The summed E-state index contributed by atoms with van der Waals surface area (Å²) in [5.41, 5.74) is 1.97. The number of amidine groups is 1. The minimum absolute atomic E-state index is 0.0170. The zero-order chi connectivity index (χ0) is 23.3. The molecule has 3 rings (SSSR count). The number of hydrogen-bond acceptors (Lipinski definition) is 7. The van der Waals surface area contributed by atoms with Gasteiger partial charge in [-0.25, -0.2) is 4.79 Å². The Labute approximate surface area is 196 Å². The van der Waals surface area contributed by atoms with Crippen molar-refractivity contribution in [3.63, 3.8) is 0 Å². The van der Waals surface area contributed by atoms with Crippen LogP contribution in [0.25, 0.3) is 0 Å². The predicted octanol–water partition coefficient (Wildman–Crippen LogP) is 3.50. The van der Waals surface area contributed by atoms with E-state index in [1.807, 2.05) is 12.1 Å². The SMILES string of the molecule is COc1ccc(/C(C)=N\N=C2\NC(=O)C[C@@H](C(=O)Nc3ccc(C(=O)O)cc3)S2)cc1Br. The van der Waals surface area contributed by atoms with Gasteiger partial charge < -0.3 is 20.5 Å². The molecule has 0 bridgehead atoms. The number of anilines is 1. The maximum absolute atomic E-state index is 12.6. The van der Waals surface area contributed by atoms with Crippen molar-refractivity contribution < 1.29 is 24.2 Å². The van der Waals surface area contributed by atoms with Crippen molar-refractivity contribution in [3.8, 4) is 5.75 Å². The summed E-state index contributed by atoms with van der Waals surface area (Å²) >= 11 is 4.52. The highest BCUT2D eigenvalue weighted by atomic mass is 79.9. The quantitative estimate of drug-likeness (QED) is 0.396. The van der Waals surface area contributed by atoms with E-state index in [4.69, 9.17) is 9.84 Å². The van der Waals surface area contributed by atoms with Crippen LogP contribution in [-0.4, -0.2) is 46.1 Å². The first-order valence-corrected chi connectivity index (χ1v) is 11.0. The molecule has 0 radical (unpaired) electrons. The van der Waals surface area contributed by atoms with Crippen molar-refractivity contribution in [2.75, 3.05) is 12.4 Å². The Morgan fingerprint density at radius 2 is 1.91 bits per heavy atom. The Kier molecular flexibility index (Phi) is 7.65. The number of nitrogens with zero attached hydrogens (tertiary/aromatic N) is 2. The van der Waals surface area contributed by atoms with Gasteiger partial charge in [-0.05, 0) is 70.9 Å². The fourth-order valence-electron chi connectivity index (χ4n) is 2.73. The lowest BCUT2D eigenvalue weighted by Gasteiger charge is -2.21. The van der Waals surface area contributed by atoms with Crippen LogP contribution in [0.4, 0.5) is 5.69 Å². The fourth-order valence-corrected chi connectivity index (χ4v) is 4.20. The van der Waals surface area contributed by atoms with E-state index in [0.717, 1.165) is 21.8 Å². The first-order valence-electron chi connectivity index (χ1n) is 9.33. The lowest BCUT2D eigenvalue weighted by Crippen LogP contribution is -2.41. The van der Waals surface area contributed by atoms with Gasteiger partial charge in [0.1, 0.15) is 11.0 Å². The second-order valence-corrected chi connectivity index (χ2v) is 8.72. The molecule has 1 saturated heterocycles. The number of rotatable bonds is 6. The Morgan fingerprint density at radius 3 is 2.53 bits per heavy atom. The van der Waals surface area contributed by atoms with E-state index in [2.05, 4.69) is 36.8 Å². The molecule has 2 amide bonds. The second-order valence-electron chi connectivity index (χ2n) is 6.67. The molecule has 166 valence electrons. The third kappa shape index (κ3) is 5.95. The van der Waals surface area contributed by atoms with E-state index in [1.54, 1.807) is 20.1 Å². The van der Waals surface area contributed by atoms with Gasteiger partial charge in [-0.2, -0.15) is 5.10 Å². The summed E-state index contributed by atoms with van der Waals surface area (Å²) in [6.45, 7) is 1.78. The van der Waals surface area contributed by atoms with Gasteiger partial charge in [-0.15, -0.1) is 5.10 Å². The van der Waals surface area contributed by atoms with Crippen molar-refractivity contribution >= 4 is 62.0 Å². The highest BCUT2D eigenvalue weighted by Crippen LogP contribution is 2.26. The van der Waals surface area contributed by atoms with Gasteiger partial charge in [0.05, 0.1) is 22.9 Å². The van der Waals surface area contributed by atoms with Crippen molar-refractivity contribution in [3.05, 3.63) is 58.1 Å². The minimum atomic E-state index is -1.05. The number of carbonyl (C=O) groups excluding carboxylic acids is 2. The number of aromatic carboxylic acids is 1. The molecule has 0 spiro atoms. The molecule has 0 unspecified atom stereocenters. The van der Waals surface area contributed by atoms with Crippen molar-refractivity contribution in [1.29, 1.82) is 0 Å². The highest BCUT2D eigenvalue weighted by molar-refractivity contribution is 9.10. The van der Waals surface area contributed by atoms with E-state index in [0.29, 0.717) is 17.1 Å². The maximum Gasteiger partial charge on any atom is 0.335 e. The van der Waals surface area contributed by atoms with Gasteiger partial charge in [0.2, 0.25) is 11.8 Å². The molecule has 1 heterocycles. The van der Waals surface area contributed by atoms with E-state index in [-0.39, 0.29) is 29.0 Å². The number of carbonyl (C=O) groups is 3. The number of carboxylic acids is 1. The molecule has 11 heteroatoms. The van der Waals surface area contributed by atoms with Crippen LogP contribution in [0.1, 0.15) is 29.3 Å². The molecule has 2 aromatic carbocycles. The number of benzene rings is 2.